The molecule has 1 aromatic carbocycles. The Bertz CT molecular complexity index is 278. The molecule has 0 aliphatic rings. The van der Waals surface area contributed by atoms with Gasteiger partial charge in [0.25, 0.3) is 0 Å². The van der Waals surface area contributed by atoms with Gasteiger partial charge in [-0.1, -0.05) is 22.0 Å². The van der Waals surface area contributed by atoms with Crippen molar-refractivity contribution >= 4 is 15.9 Å². The zero-order chi connectivity index (χ0) is 9.68. The highest BCUT2D eigenvalue weighted by molar-refractivity contribution is 9.09. The monoisotopic (exact) mass is 250 g/mol. The predicted molar refractivity (Wildman–Crippen MR) is 50.3 cm³/mol. The fourth-order valence-corrected chi connectivity index (χ4v) is 1.06. The summed E-state index contributed by atoms with van der Waals surface area (Å²) in [5.74, 6) is -1.82. The Morgan fingerprint density at radius 2 is 2.08 bits per heavy atom. The van der Waals surface area contributed by atoms with E-state index in [1.54, 1.807) is 0 Å². The van der Waals surface area contributed by atoms with E-state index in [1.807, 2.05) is 0 Å². The Labute approximate surface area is 83.8 Å². The van der Waals surface area contributed by atoms with Gasteiger partial charge >= 0.3 is 0 Å². The first-order valence-corrected chi connectivity index (χ1v) is 5.00. The molecule has 0 aromatic heterocycles. The molecule has 1 nitrogen and oxygen atoms in total. The van der Waals surface area contributed by atoms with Crippen LogP contribution < -0.4 is 4.74 Å². The van der Waals surface area contributed by atoms with Crippen molar-refractivity contribution in [2.75, 3.05) is 11.9 Å². The molecule has 4 heteroatoms. The summed E-state index contributed by atoms with van der Waals surface area (Å²) in [5, 5.41) is 0.782. The van der Waals surface area contributed by atoms with Crippen molar-refractivity contribution in [2.45, 2.75) is 6.42 Å². The van der Waals surface area contributed by atoms with Crippen molar-refractivity contribution in [3.63, 3.8) is 0 Å². The standard InChI is InChI=1S/C9H9BrF2O/c10-5-2-6-13-8-4-1-3-7(11)9(8)12/h1,3-4H,2,5-6H2. The topological polar surface area (TPSA) is 9.23 Å². The largest absolute Gasteiger partial charge is 0.490 e. The maximum Gasteiger partial charge on any atom is 0.200 e. The van der Waals surface area contributed by atoms with Crippen molar-refractivity contribution in [1.29, 1.82) is 0 Å². The second kappa shape index (κ2) is 5.17. The van der Waals surface area contributed by atoms with Gasteiger partial charge in [-0.3, -0.25) is 0 Å². The maximum absolute atomic E-state index is 12.9. The van der Waals surface area contributed by atoms with Crippen molar-refractivity contribution in [1.82, 2.24) is 0 Å². The lowest BCUT2D eigenvalue weighted by molar-refractivity contribution is 0.296. The molecule has 0 spiro atoms. The zero-order valence-corrected chi connectivity index (χ0v) is 8.48. The molecule has 0 saturated heterocycles. The summed E-state index contributed by atoms with van der Waals surface area (Å²) in [6.45, 7) is 0.381. The van der Waals surface area contributed by atoms with E-state index in [9.17, 15) is 8.78 Å². The van der Waals surface area contributed by atoms with Gasteiger partial charge in [0.1, 0.15) is 0 Å². The van der Waals surface area contributed by atoms with Crippen LogP contribution in [0.1, 0.15) is 6.42 Å². The van der Waals surface area contributed by atoms with Gasteiger partial charge in [-0.25, -0.2) is 4.39 Å². The van der Waals surface area contributed by atoms with Crippen molar-refractivity contribution < 1.29 is 13.5 Å². The molecule has 0 atom stereocenters. The highest BCUT2D eigenvalue weighted by atomic mass is 79.9. The average Bonchev–Trinajstić information content (AvgIpc) is 2.13. The van der Waals surface area contributed by atoms with E-state index < -0.39 is 11.6 Å². The van der Waals surface area contributed by atoms with Crippen molar-refractivity contribution in [3.8, 4) is 5.75 Å². The summed E-state index contributed by atoms with van der Waals surface area (Å²) >= 11 is 3.21. The predicted octanol–water partition coefficient (Wildman–Crippen LogP) is 3.13. The molecule has 0 unspecified atom stereocenters. The van der Waals surface area contributed by atoms with Crippen molar-refractivity contribution in [3.05, 3.63) is 29.8 Å². The summed E-state index contributed by atoms with van der Waals surface area (Å²) in [5.41, 5.74) is 0. The van der Waals surface area contributed by atoms with E-state index in [-0.39, 0.29) is 5.75 Å². The minimum atomic E-state index is -0.919. The van der Waals surface area contributed by atoms with Crippen LogP contribution in [0.3, 0.4) is 0 Å². The first-order valence-electron chi connectivity index (χ1n) is 3.88. The molecular formula is C9H9BrF2O. The highest BCUT2D eigenvalue weighted by Crippen LogP contribution is 2.19. The number of rotatable bonds is 4. The second-order valence-corrected chi connectivity index (χ2v) is 3.24. The van der Waals surface area contributed by atoms with E-state index in [1.165, 1.54) is 12.1 Å². The molecule has 0 bridgehead atoms. The van der Waals surface area contributed by atoms with Gasteiger partial charge in [-0.05, 0) is 18.6 Å². The molecule has 0 aliphatic heterocycles. The van der Waals surface area contributed by atoms with Gasteiger partial charge in [0, 0.05) is 5.33 Å². The van der Waals surface area contributed by atoms with Gasteiger partial charge in [0.2, 0.25) is 5.82 Å². The third-order valence-corrected chi connectivity index (χ3v) is 2.01. The lowest BCUT2D eigenvalue weighted by Crippen LogP contribution is -2.00. The molecule has 0 heterocycles. The summed E-state index contributed by atoms with van der Waals surface area (Å²) in [6, 6.07) is 3.89. The summed E-state index contributed by atoms with van der Waals surface area (Å²) < 4.78 is 30.6. The van der Waals surface area contributed by atoms with Crippen LogP contribution in [0.2, 0.25) is 0 Å². The summed E-state index contributed by atoms with van der Waals surface area (Å²) in [4.78, 5) is 0. The van der Waals surface area contributed by atoms with E-state index in [0.717, 1.165) is 17.8 Å². The van der Waals surface area contributed by atoms with Crippen LogP contribution in [0.15, 0.2) is 18.2 Å². The molecule has 0 fully saturated rings. The van der Waals surface area contributed by atoms with Gasteiger partial charge in [-0.15, -0.1) is 0 Å². The molecule has 72 valence electrons. The van der Waals surface area contributed by atoms with Crippen LogP contribution in [0.4, 0.5) is 8.78 Å². The normalized spacial score (nSPS) is 10.1. The third-order valence-electron chi connectivity index (χ3n) is 1.45. The molecule has 0 saturated carbocycles. The molecule has 0 aliphatic carbocycles. The quantitative estimate of drug-likeness (QED) is 0.590. The number of hydrogen-bond donors (Lipinski definition) is 0. The Morgan fingerprint density at radius 3 is 2.77 bits per heavy atom. The second-order valence-electron chi connectivity index (χ2n) is 2.44. The molecular weight excluding hydrogens is 242 g/mol. The zero-order valence-electron chi connectivity index (χ0n) is 6.90. The van der Waals surface area contributed by atoms with Crippen LogP contribution in [0.25, 0.3) is 0 Å². The number of halogens is 3. The minimum Gasteiger partial charge on any atom is -0.490 e. The van der Waals surface area contributed by atoms with Gasteiger partial charge < -0.3 is 4.74 Å². The van der Waals surface area contributed by atoms with Crippen LogP contribution in [0.5, 0.6) is 5.75 Å². The number of alkyl halides is 1. The molecule has 1 aromatic rings. The van der Waals surface area contributed by atoms with E-state index in [4.69, 9.17) is 4.74 Å². The van der Waals surface area contributed by atoms with Crippen LogP contribution >= 0.6 is 15.9 Å². The lowest BCUT2D eigenvalue weighted by atomic mass is 10.3. The highest BCUT2D eigenvalue weighted by Gasteiger charge is 2.07. The Hall–Kier alpha value is -0.640. The fourth-order valence-electron chi connectivity index (χ4n) is 0.832. The van der Waals surface area contributed by atoms with Crippen molar-refractivity contribution in [2.24, 2.45) is 0 Å². The van der Waals surface area contributed by atoms with E-state index >= 15 is 0 Å². The Balaban J connectivity index is 2.61. The number of ether oxygens (including phenoxy) is 1. The van der Waals surface area contributed by atoms with E-state index in [2.05, 4.69) is 15.9 Å². The third kappa shape index (κ3) is 2.95. The lowest BCUT2D eigenvalue weighted by Gasteiger charge is -2.05. The first kappa shape index (κ1) is 10.4. The Kier molecular flexibility index (Phi) is 4.15. The molecule has 0 radical (unpaired) electrons. The number of benzene rings is 1. The summed E-state index contributed by atoms with van der Waals surface area (Å²) in [7, 11) is 0. The first-order chi connectivity index (χ1) is 6.25. The van der Waals surface area contributed by atoms with Gasteiger partial charge in [-0.2, -0.15) is 4.39 Å². The SMILES string of the molecule is Fc1cccc(OCCCBr)c1F. The van der Waals surface area contributed by atoms with Crippen LogP contribution in [-0.2, 0) is 0 Å². The maximum atomic E-state index is 12.9. The molecule has 1 rings (SSSR count). The average molecular weight is 251 g/mol. The smallest absolute Gasteiger partial charge is 0.200 e. The summed E-state index contributed by atoms with van der Waals surface area (Å²) in [6.07, 6.45) is 0.760. The van der Waals surface area contributed by atoms with Crippen LogP contribution in [0, 0.1) is 11.6 Å². The van der Waals surface area contributed by atoms with Gasteiger partial charge in [0.15, 0.2) is 11.6 Å². The minimum absolute atomic E-state index is 0.0269. The molecule has 13 heavy (non-hydrogen) atoms. The van der Waals surface area contributed by atoms with Gasteiger partial charge in [0.05, 0.1) is 6.61 Å². The Morgan fingerprint density at radius 1 is 1.31 bits per heavy atom. The van der Waals surface area contributed by atoms with Crippen LogP contribution in [-0.4, -0.2) is 11.9 Å². The fraction of sp³-hybridized carbons (Fsp3) is 0.333. The molecule has 0 N–H and O–H groups in total. The van der Waals surface area contributed by atoms with E-state index in [0.29, 0.717) is 6.61 Å². The molecule has 0 amide bonds. The number of hydrogen-bond acceptors (Lipinski definition) is 1.